The first-order valence-electron chi connectivity index (χ1n) is 3.75. The standard InChI is InChI=1S/C9H6BrClN2/c1-5-7-2-6(11)3-8(10)9(7)13-4-12-5/h2-4H,1H3. The summed E-state index contributed by atoms with van der Waals surface area (Å²) in [5.74, 6) is 0. The van der Waals surface area contributed by atoms with Crippen LogP contribution in [0.4, 0.5) is 0 Å². The zero-order valence-electron chi connectivity index (χ0n) is 6.88. The summed E-state index contributed by atoms with van der Waals surface area (Å²) >= 11 is 9.32. The summed E-state index contributed by atoms with van der Waals surface area (Å²) in [6.45, 7) is 1.94. The molecule has 2 rings (SSSR count). The Hall–Kier alpha value is -0.670. The van der Waals surface area contributed by atoms with Crippen LogP contribution in [0, 0.1) is 6.92 Å². The molecule has 66 valence electrons. The van der Waals surface area contributed by atoms with E-state index < -0.39 is 0 Å². The van der Waals surface area contributed by atoms with Gasteiger partial charge in [-0.15, -0.1) is 0 Å². The summed E-state index contributed by atoms with van der Waals surface area (Å²) in [4.78, 5) is 8.27. The molecule has 13 heavy (non-hydrogen) atoms. The Morgan fingerprint density at radius 1 is 1.31 bits per heavy atom. The smallest absolute Gasteiger partial charge is 0.116 e. The molecule has 0 amide bonds. The van der Waals surface area contributed by atoms with Gasteiger partial charge < -0.3 is 0 Å². The molecule has 0 aliphatic heterocycles. The molecule has 1 aromatic carbocycles. The van der Waals surface area contributed by atoms with Crippen LogP contribution in [0.1, 0.15) is 5.69 Å². The summed E-state index contributed by atoms with van der Waals surface area (Å²) < 4.78 is 0.903. The van der Waals surface area contributed by atoms with Crippen LogP contribution in [-0.2, 0) is 0 Å². The van der Waals surface area contributed by atoms with Crippen molar-refractivity contribution in [1.29, 1.82) is 0 Å². The van der Waals surface area contributed by atoms with Gasteiger partial charge in [0.25, 0.3) is 0 Å². The van der Waals surface area contributed by atoms with Crippen LogP contribution >= 0.6 is 27.5 Å². The summed E-state index contributed by atoms with van der Waals surface area (Å²) in [5.41, 5.74) is 1.84. The number of hydrogen-bond donors (Lipinski definition) is 0. The lowest BCUT2D eigenvalue weighted by Gasteiger charge is -2.02. The Balaban J connectivity index is 2.94. The van der Waals surface area contributed by atoms with Gasteiger partial charge in [0.1, 0.15) is 6.33 Å². The topological polar surface area (TPSA) is 25.8 Å². The minimum atomic E-state index is 0.692. The van der Waals surface area contributed by atoms with E-state index in [0.29, 0.717) is 5.02 Å². The molecule has 2 aromatic rings. The van der Waals surface area contributed by atoms with E-state index in [1.165, 1.54) is 0 Å². The molecule has 0 N–H and O–H groups in total. The van der Waals surface area contributed by atoms with Gasteiger partial charge in [-0.05, 0) is 35.0 Å². The molecule has 0 saturated carbocycles. The monoisotopic (exact) mass is 256 g/mol. The fraction of sp³-hybridized carbons (Fsp3) is 0.111. The largest absolute Gasteiger partial charge is 0.241 e. The number of fused-ring (bicyclic) bond motifs is 1. The van der Waals surface area contributed by atoms with Crippen molar-refractivity contribution in [3.8, 4) is 0 Å². The quantitative estimate of drug-likeness (QED) is 0.723. The van der Waals surface area contributed by atoms with Gasteiger partial charge >= 0.3 is 0 Å². The number of aryl methyl sites for hydroxylation is 1. The number of rotatable bonds is 0. The molecule has 0 radical (unpaired) electrons. The van der Waals surface area contributed by atoms with Crippen molar-refractivity contribution < 1.29 is 0 Å². The maximum Gasteiger partial charge on any atom is 0.116 e. The van der Waals surface area contributed by atoms with Crippen molar-refractivity contribution in [2.75, 3.05) is 0 Å². The molecule has 0 fully saturated rings. The van der Waals surface area contributed by atoms with Gasteiger partial charge in [0.2, 0.25) is 0 Å². The molecule has 0 atom stereocenters. The van der Waals surface area contributed by atoms with Gasteiger partial charge in [-0.25, -0.2) is 9.97 Å². The van der Waals surface area contributed by atoms with Crippen LogP contribution in [0.15, 0.2) is 22.9 Å². The van der Waals surface area contributed by atoms with Gasteiger partial charge in [-0.3, -0.25) is 0 Å². The molecule has 2 nitrogen and oxygen atoms in total. The third-order valence-electron chi connectivity index (χ3n) is 1.86. The second kappa shape index (κ2) is 3.24. The van der Waals surface area contributed by atoms with E-state index >= 15 is 0 Å². The lowest BCUT2D eigenvalue weighted by molar-refractivity contribution is 1.15. The van der Waals surface area contributed by atoms with E-state index in [0.717, 1.165) is 21.1 Å². The predicted molar refractivity (Wildman–Crippen MR) is 57.0 cm³/mol. The summed E-state index contributed by atoms with van der Waals surface area (Å²) in [5, 5.41) is 1.68. The van der Waals surface area contributed by atoms with Crippen molar-refractivity contribution in [3.63, 3.8) is 0 Å². The highest BCUT2D eigenvalue weighted by atomic mass is 79.9. The Kier molecular flexibility index (Phi) is 2.22. The Morgan fingerprint density at radius 2 is 2.08 bits per heavy atom. The molecule has 1 aromatic heterocycles. The first-order valence-corrected chi connectivity index (χ1v) is 4.92. The van der Waals surface area contributed by atoms with Gasteiger partial charge in [-0.2, -0.15) is 0 Å². The Labute approximate surface area is 89.1 Å². The van der Waals surface area contributed by atoms with Crippen molar-refractivity contribution in [3.05, 3.63) is 33.6 Å². The highest BCUT2D eigenvalue weighted by Gasteiger charge is 2.04. The maximum absolute atomic E-state index is 5.91. The first-order chi connectivity index (χ1) is 6.18. The molecular weight excluding hydrogens is 251 g/mol. The first kappa shape index (κ1) is 8.91. The van der Waals surface area contributed by atoms with Gasteiger partial charge in [0, 0.05) is 20.6 Å². The normalized spacial score (nSPS) is 10.7. The molecule has 1 heterocycles. The number of halogens is 2. The van der Waals surface area contributed by atoms with Crippen LogP contribution in [0.5, 0.6) is 0 Å². The van der Waals surface area contributed by atoms with Crippen molar-refractivity contribution in [2.24, 2.45) is 0 Å². The van der Waals surface area contributed by atoms with E-state index in [9.17, 15) is 0 Å². The van der Waals surface area contributed by atoms with Crippen LogP contribution in [0.3, 0.4) is 0 Å². The van der Waals surface area contributed by atoms with Crippen molar-refractivity contribution >= 4 is 38.4 Å². The lowest BCUT2D eigenvalue weighted by atomic mass is 10.2. The van der Waals surface area contributed by atoms with Crippen LogP contribution in [0.25, 0.3) is 10.9 Å². The second-order valence-electron chi connectivity index (χ2n) is 2.74. The Bertz CT molecular complexity index is 470. The van der Waals surface area contributed by atoms with E-state index in [1.807, 2.05) is 19.1 Å². The second-order valence-corrected chi connectivity index (χ2v) is 4.03. The zero-order chi connectivity index (χ0) is 9.42. The van der Waals surface area contributed by atoms with Gasteiger partial charge in [0.15, 0.2) is 0 Å². The minimum Gasteiger partial charge on any atom is -0.241 e. The SMILES string of the molecule is Cc1ncnc2c(Br)cc(Cl)cc12. The fourth-order valence-corrected chi connectivity index (χ4v) is 2.13. The van der Waals surface area contributed by atoms with Crippen LogP contribution in [-0.4, -0.2) is 9.97 Å². The Morgan fingerprint density at radius 3 is 2.85 bits per heavy atom. The van der Waals surface area contributed by atoms with E-state index in [1.54, 1.807) is 6.33 Å². The van der Waals surface area contributed by atoms with Gasteiger partial charge in [-0.1, -0.05) is 11.6 Å². The average molecular weight is 258 g/mol. The molecule has 4 heteroatoms. The lowest BCUT2D eigenvalue weighted by Crippen LogP contribution is -1.87. The van der Waals surface area contributed by atoms with E-state index in [4.69, 9.17) is 11.6 Å². The predicted octanol–water partition coefficient (Wildman–Crippen LogP) is 3.35. The number of hydrogen-bond acceptors (Lipinski definition) is 2. The highest BCUT2D eigenvalue weighted by Crippen LogP contribution is 2.27. The fourth-order valence-electron chi connectivity index (χ4n) is 1.22. The highest BCUT2D eigenvalue weighted by molar-refractivity contribution is 9.10. The third kappa shape index (κ3) is 1.54. The summed E-state index contributed by atoms with van der Waals surface area (Å²) in [6, 6.07) is 3.70. The van der Waals surface area contributed by atoms with Crippen molar-refractivity contribution in [2.45, 2.75) is 6.92 Å². The summed E-state index contributed by atoms with van der Waals surface area (Å²) in [6.07, 6.45) is 1.55. The minimum absolute atomic E-state index is 0.692. The number of aromatic nitrogens is 2. The maximum atomic E-state index is 5.91. The molecule has 0 unspecified atom stereocenters. The van der Waals surface area contributed by atoms with Crippen molar-refractivity contribution in [1.82, 2.24) is 9.97 Å². The zero-order valence-corrected chi connectivity index (χ0v) is 9.22. The molecule has 0 bridgehead atoms. The molecule has 0 saturated heterocycles. The molecule has 0 spiro atoms. The average Bonchev–Trinajstić information content (AvgIpc) is 2.07. The van der Waals surface area contributed by atoms with E-state index in [-0.39, 0.29) is 0 Å². The third-order valence-corrected chi connectivity index (χ3v) is 2.68. The molecule has 0 aliphatic rings. The van der Waals surface area contributed by atoms with Crippen LogP contribution < -0.4 is 0 Å². The van der Waals surface area contributed by atoms with Gasteiger partial charge in [0.05, 0.1) is 5.52 Å². The summed E-state index contributed by atoms with van der Waals surface area (Å²) in [7, 11) is 0. The molecular formula is C9H6BrClN2. The number of nitrogens with zero attached hydrogens (tertiary/aromatic N) is 2. The molecule has 0 aliphatic carbocycles. The number of benzene rings is 1. The van der Waals surface area contributed by atoms with E-state index in [2.05, 4.69) is 25.9 Å². The van der Waals surface area contributed by atoms with Crippen LogP contribution in [0.2, 0.25) is 5.02 Å².